The molecule has 2 aromatic carbocycles. The van der Waals surface area contributed by atoms with Crippen molar-refractivity contribution in [2.45, 2.75) is 44.2 Å². The number of hydrogen-bond donors (Lipinski definition) is 2. The molecule has 38 heavy (non-hydrogen) atoms. The van der Waals surface area contributed by atoms with Crippen LogP contribution in [0.15, 0.2) is 53.6 Å². The second-order valence-electron chi connectivity index (χ2n) is 9.60. The number of rotatable bonds is 8. The first-order valence-corrected chi connectivity index (χ1v) is 14.6. The summed E-state index contributed by atoms with van der Waals surface area (Å²) in [7, 11) is -3.28. The number of nitrogens with zero attached hydrogens (tertiary/aromatic N) is 4. The number of allylic oxidation sites excluding steroid dienone is 1. The van der Waals surface area contributed by atoms with Crippen LogP contribution in [-0.2, 0) is 16.4 Å². The van der Waals surface area contributed by atoms with Crippen LogP contribution in [0.2, 0.25) is 5.02 Å². The van der Waals surface area contributed by atoms with Gasteiger partial charge in [-0.25, -0.2) is 13.4 Å². The summed E-state index contributed by atoms with van der Waals surface area (Å²) in [5, 5.41) is 16.1. The van der Waals surface area contributed by atoms with Gasteiger partial charge in [0.1, 0.15) is 5.82 Å². The molecule has 2 heterocycles. The van der Waals surface area contributed by atoms with Gasteiger partial charge in [-0.3, -0.25) is 4.90 Å². The molecule has 4 rings (SSSR count). The highest BCUT2D eigenvalue weighted by atomic mass is 35.5. The minimum absolute atomic E-state index is 0.237. The summed E-state index contributed by atoms with van der Waals surface area (Å²) in [6, 6.07) is 13.1. The van der Waals surface area contributed by atoms with Crippen LogP contribution in [0.1, 0.15) is 35.1 Å². The Balaban J connectivity index is 1.34. The van der Waals surface area contributed by atoms with E-state index in [1.54, 1.807) is 24.4 Å². The number of aryl methyl sites for hydroxylation is 2. The van der Waals surface area contributed by atoms with Gasteiger partial charge in [-0.1, -0.05) is 17.7 Å². The molecule has 10 heteroatoms. The number of benzene rings is 2. The van der Waals surface area contributed by atoms with Crippen molar-refractivity contribution in [3.8, 4) is 6.07 Å². The number of nitrogens with one attached hydrogen (secondary N) is 2. The maximum absolute atomic E-state index is 11.8. The van der Waals surface area contributed by atoms with Crippen LogP contribution in [0.25, 0.3) is 6.08 Å². The molecule has 3 aromatic rings. The second kappa shape index (κ2) is 11.9. The Morgan fingerprint density at radius 3 is 2.50 bits per heavy atom. The monoisotopic (exact) mass is 550 g/mol. The molecule has 2 N–H and O–H groups in total. The van der Waals surface area contributed by atoms with Crippen LogP contribution in [0.4, 0.5) is 17.5 Å². The summed E-state index contributed by atoms with van der Waals surface area (Å²) in [6.45, 7) is 6.49. The highest BCUT2D eigenvalue weighted by molar-refractivity contribution is 7.90. The number of hydrogen-bond acceptors (Lipinski definition) is 8. The molecule has 8 nitrogen and oxygen atoms in total. The van der Waals surface area contributed by atoms with Gasteiger partial charge in [0.25, 0.3) is 0 Å². The molecule has 1 aliphatic rings. The highest BCUT2D eigenvalue weighted by Gasteiger charge is 2.21. The predicted octanol–water partition coefficient (Wildman–Crippen LogP) is 5.51. The predicted molar refractivity (Wildman–Crippen MR) is 152 cm³/mol. The molecule has 0 unspecified atom stereocenters. The third-order valence-corrected chi connectivity index (χ3v) is 8.04. The summed E-state index contributed by atoms with van der Waals surface area (Å²) >= 11 is 6.37. The number of anilines is 3. The SMILES string of the molecule is Cc1cc(/C=C/C#N)cc(C)c1Nc1ccnc(NC2CCN(Cc3ccc(S(C)(=O)=O)cc3Cl)CC2)n1. The normalized spacial score (nSPS) is 14.9. The van der Waals surface area contributed by atoms with E-state index in [1.807, 2.05) is 38.1 Å². The molecule has 0 saturated carbocycles. The van der Waals surface area contributed by atoms with Gasteiger partial charge >= 0.3 is 0 Å². The van der Waals surface area contributed by atoms with Crippen molar-refractivity contribution in [2.24, 2.45) is 0 Å². The number of piperidine rings is 1. The first kappa shape index (κ1) is 27.6. The van der Waals surface area contributed by atoms with Crippen LogP contribution in [0.3, 0.4) is 0 Å². The standard InChI is InChI=1S/C28H31ClN6O2S/c1-19-15-21(5-4-11-30)16-20(2)27(19)33-26-8-12-31-28(34-26)32-23-9-13-35(14-10-23)18-22-6-7-24(17-25(22)29)38(3,36)37/h4-8,12,15-17,23H,9-10,13-14,18H2,1-3H3,(H2,31,32,33,34)/b5-4+. The summed E-state index contributed by atoms with van der Waals surface area (Å²) in [4.78, 5) is 11.6. The fourth-order valence-corrected chi connectivity index (χ4v) is 5.55. The molecular formula is C28H31ClN6O2S. The zero-order valence-corrected chi connectivity index (χ0v) is 23.3. The molecule has 1 saturated heterocycles. The van der Waals surface area contributed by atoms with Gasteiger partial charge in [0.2, 0.25) is 5.95 Å². The van der Waals surface area contributed by atoms with Gasteiger partial charge in [-0.2, -0.15) is 10.2 Å². The van der Waals surface area contributed by atoms with Gasteiger partial charge in [0.15, 0.2) is 9.84 Å². The van der Waals surface area contributed by atoms with Crippen molar-refractivity contribution in [3.63, 3.8) is 0 Å². The Morgan fingerprint density at radius 1 is 1.16 bits per heavy atom. The number of likely N-dealkylation sites (tertiary alicyclic amines) is 1. The molecule has 198 valence electrons. The maximum atomic E-state index is 11.8. The summed E-state index contributed by atoms with van der Waals surface area (Å²) in [5.41, 5.74) is 5.02. The van der Waals surface area contributed by atoms with Crippen molar-refractivity contribution >= 4 is 45.0 Å². The Labute approximate surface area is 229 Å². The van der Waals surface area contributed by atoms with Crippen molar-refractivity contribution in [3.05, 3.63) is 75.9 Å². The van der Waals surface area contributed by atoms with Crippen molar-refractivity contribution < 1.29 is 8.42 Å². The van der Waals surface area contributed by atoms with E-state index in [0.29, 0.717) is 23.3 Å². The number of nitriles is 1. The lowest BCUT2D eigenvalue weighted by molar-refractivity contribution is 0.211. The lowest BCUT2D eigenvalue weighted by Crippen LogP contribution is -2.39. The first-order valence-electron chi connectivity index (χ1n) is 12.4. The van der Waals surface area contributed by atoms with E-state index >= 15 is 0 Å². The third-order valence-electron chi connectivity index (χ3n) is 6.58. The van der Waals surface area contributed by atoms with Gasteiger partial charge in [0, 0.05) is 54.9 Å². The van der Waals surface area contributed by atoms with Crippen LogP contribution >= 0.6 is 11.6 Å². The maximum Gasteiger partial charge on any atom is 0.224 e. The fraction of sp³-hybridized carbons (Fsp3) is 0.321. The Kier molecular flexibility index (Phi) is 8.67. The average molecular weight is 551 g/mol. The zero-order valence-electron chi connectivity index (χ0n) is 21.7. The summed E-state index contributed by atoms with van der Waals surface area (Å²) < 4.78 is 23.5. The van der Waals surface area contributed by atoms with E-state index < -0.39 is 9.84 Å². The first-order chi connectivity index (χ1) is 18.1. The number of sulfone groups is 1. The molecular weight excluding hydrogens is 520 g/mol. The van der Waals surface area contributed by atoms with E-state index in [4.69, 9.17) is 16.9 Å². The summed E-state index contributed by atoms with van der Waals surface area (Å²) in [5.74, 6) is 1.29. The zero-order chi connectivity index (χ0) is 27.3. The van der Waals surface area contributed by atoms with E-state index in [-0.39, 0.29) is 10.9 Å². The molecule has 1 aromatic heterocycles. The molecule has 0 radical (unpaired) electrons. The molecule has 0 aliphatic carbocycles. The van der Waals surface area contributed by atoms with Crippen LogP contribution in [0, 0.1) is 25.2 Å². The van der Waals surface area contributed by atoms with Gasteiger partial charge in [-0.15, -0.1) is 0 Å². The van der Waals surface area contributed by atoms with E-state index in [2.05, 4.69) is 25.5 Å². The highest BCUT2D eigenvalue weighted by Crippen LogP contribution is 2.27. The lowest BCUT2D eigenvalue weighted by atomic mass is 10.0. The van der Waals surface area contributed by atoms with E-state index in [1.165, 1.54) is 18.4 Å². The largest absolute Gasteiger partial charge is 0.351 e. The molecule has 1 aliphatic heterocycles. The number of aromatic nitrogens is 2. The van der Waals surface area contributed by atoms with E-state index in [9.17, 15) is 8.42 Å². The van der Waals surface area contributed by atoms with Crippen LogP contribution in [-0.4, -0.2) is 48.7 Å². The van der Waals surface area contributed by atoms with Gasteiger partial charge in [-0.05, 0) is 85.4 Å². The number of halogens is 1. The van der Waals surface area contributed by atoms with Gasteiger partial charge in [0.05, 0.1) is 11.0 Å². The average Bonchev–Trinajstić information content (AvgIpc) is 2.87. The minimum atomic E-state index is -3.28. The topological polar surface area (TPSA) is 111 Å². The Hall–Kier alpha value is -3.45. The minimum Gasteiger partial charge on any atom is -0.351 e. The summed E-state index contributed by atoms with van der Waals surface area (Å²) in [6.07, 6.45) is 8.05. The van der Waals surface area contributed by atoms with Crippen LogP contribution in [0.5, 0.6) is 0 Å². The van der Waals surface area contributed by atoms with Crippen LogP contribution < -0.4 is 10.6 Å². The van der Waals surface area contributed by atoms with Crippen molar-refractivity contribution in [2.75, 3.05) is 30.0 Å². The molecule has 0 amide bonds. The molecule has 0 atom stereocenters. The van der Waals surface area contributed by atoms with E-state index in [0.717, 1.165) is 53.9 Å². The second-order valence-corrected chi connectivity index (χ2v) is 12.0. The van der Waals surface area contributed by atoms with Crippen molar-refractivity contribution in [1.29, 1.82) is 5.26 Å². The molecule has 0 spiro atoms. The third kappa shape index (κ3) is 7.10. The Morgan fingerprint density at radius 2 is 1.87 bits per heavy atom. The lowest BCUT2D eigenvalue weighted by Gasteiger charge is -2.32. The molecule has 1 fully saturated rings. The fourth-order valence-electron chi connectivity index (χ4n) is 4.60. The molecule has 0 bridgehead atoms. The Bertz CT molecular complexity index is 1470. The quantitative estimate of drug-likeness (QED) is 0.353. The van der Waals surface area contributed by atoms with Crippen molar-refractivity contribution in [1.82, 2.24) is 14.9 Å². The van der Waals surface area contributed by atoms with Gasteiger partial charge < -0.3 is 10.6 Å². The smallest absolute Gasteiger partial charge is 0.224 e.